The van der Waals surface area contributed by atoms with Gasteiger partial charge in [-0.15, -0.1) is 0 Å². The van der Waals surface area contributed by atoms with Crippen LogP contribution in [0.3, 0.4) is 0 Å². The third-order valence-corrected chi connectivity index (χ3v) is 4.80. The van der Waals surface area contributed by atoms with E-state index in [2.05, 4.69) is 25.5 Å². The minimum atomic E-state index is -4.25. The first-order valence-corrected chi connectivity index (χ1v) is 10.1. The van der Waals surface area contributed by atoms with E-state index in [0.717, 1.165) is 5.69 Å². The average Bonchev–Trinajstić information content (AvgIpc) is 3.19. The van der Waals surface area contributed by atoms with Gasteiger partial charge in [-0.05, 0) is 19.1 Å². The second kappa shape index (κ2) is 11.0. The number of nitrogens with zero attached hydrogens (tertiary/aromatic N) is 5. The minimum absolute atomic E-state index is 0.0264. The number of hydrogen-bond acceptors (Lipinski definition) is 7. The van der Waals surface area contributed by atoms with Gasteiger partial charge in [0.15, 0.2) is 12.1 Å². The lowest BCUT2D eigenvalue weighted by molar-refractivity contribution is -0.252. The first kappa shape index (κ1) is 24.3. The molecule has 8 nitrogen and oxygen atoms in total. The van der Waals surface area contributed by atoms with Crippen molar-refractivity contribution in [1.29, 1.82) is 0 Å². The largest absolute Gasteiger partial charge is 0.460 e. The molecule has 0 bridgehead atoms. The SMILES string of the molecule is Cc1cc(Nc2cncc(CN3CCN(C(F)(F)F)CC3)n2)n[nH]1.O=Cc1ccccc1F. The zero-order valence-electron chi connectivity index (χ0n) is 17.8. The van der Waals surface area contributed by atoms with Crippen molar-refractivity contribution in [2.45, 2.75) is 19.8 Å². The Morgan fingerprint density at radius 3 is 2.42 bits per heavy atom. The monoisotopic (exact) mass is 465 g/mol. The molecule has 3 aromatic rings. The maximum Gasteiger partial charge on any atom is 0.460 e. The Labute approximate surface area is 187 Å². The minimum Gasteiger partial charge on any atom is -0.322 e. The van der Waals surface area contributed by atoms with Gasteiger partial charge in [0.2, 0.25) is 0 Å². The van der Waals surface area contributed by atoms with Gasteiger partial charge in [-0.25, -0.2) is 14.3 Å². The molecule has 3 heterocycles. The molecule has 2 aromatic heterocycles. The van der Waals surface area contributed by atoms with Gasteiger partial charge < -0.3 is 5.32 Å². The molecule has 0 unspecified atom stereocenters. The van der Waals surface area contributed by atoms with Crippen molar-refractivity contribution >= 4 is 17.9 Å². The second-order valence-corrected chi connectivity index (χ2v) is 7.33. The summed E-state index contributed by atoms with van der Waals surface area (Å²) in [6, 6.07) is 7.69. The standard InChI is InChI=1S/C14H18F3N7.C7H5FO/c1-10-6-12(22-21-10)20-13-8-18-7-11(19-13)9-23-2-4-24(5-3-23)14(15,16)17;8-7-4-2-1-3-6(7)5-9/h6-8H,2-5,9H2,1H3,(H2,19,20,21,22);1-5H. The maximum absolute atomic E-state index is 12.6. The zero-order valence-corrected chi connectivity index (χ0v) is 17.8. The van der Waals surface area contributed by atoms with Crippen molar-refractivity contribution < 1.29 is 22.4 Å². The van der Waals surface area contributed by atoms with Crippen molar-refractivity contribution in [2.24, 2.45) is 0 Å². The van der Waals surface area contributed by atoms with E-state index < -0.39 is 12.1 Å². The van der Waals surface area contributed by atoms with Gasteiger partial charge in [0.05, 0.1) is 17.5 Å². The molecule has 1 aliphatic heterocycles. The number of piperazine rings is 1. The lowest BCUT2D eigenvalue weighted by atomic mass is 10.2. The van der Waals surface area contributed by atoms with Crippen LogP contribution in [0.15, 0.2) is 42.7 Å². The molecule has 1 aliphatic rings. The van der Waals surface area contributed by atoms with E-state index in [4.69, 9.17) is 0 Å². The van der Waals surface area contributed by atoms with Gasteiger partial charge in [-0.2, -0.15) is 18.3 Å². The fourth-order valence-electron chi connectivity index (χ4n) is 3.12. The van der Waals surface area contributed by atoms with Gasteiger partial charge in [0, 0.05) is 50.7 Å². The Hall–Kier alpha value is -3.38. The van der Waals surface area contributed by atoms with Crippen molar-refractivity contribution in [1.82, 2.24) is 30.0 Å². The highest BCUT2D eigenvalue weighted by molar-refractivity contribution is 5.74. The molecule has 33 heavy (non-hydrogen) atoms. The van der Waals surface area contributed by atoms with Crippen LogP contribution in [-0.2, 0) is 6.54 Å². The van der Waals surface area contributed by atoms with Crippen molar-refractivity contribution in [3.8, 4) is 0 Å². The lowest BCUT2D eigenvalue weighted by Crippen LogP contribution is -2.51. The lowest BCUT2D eigenvalue weighted by Gasteiger charge is -2.35. The average molecular weight is 465 g/mol. The summed E-state index contributed by atoms with van der Waals surface area (Å²) < 4.78 is 50.2. The first-order chi connectivity index (χ1) is 15.7. The molecular formula is C21H23F4N7O. The Morgan fingerprint density at radius 2 is 1.85 bits per heavy atom. The number of benzene rings is 1. The molecule has 0 spiro atoms. The van der Waals surface area contributed by atoms with Crippen molar-refractivity contribution in [2.75, 3.05) is 31.5 Å². The number of nitrogens with one attached hydrogen (secondary N) is 2. The summed E-state index contributed by atoms with van der Waals surface area (Å²) in [5.74, 6) is 0.721. The number of halogens is 4. The van der Waals surface area contributed by atoms with Crippen LogP contribution < -0.4 is 5.32 Å². The predicted octanol–water partition coefficient (Wildman–Crippen LogP) is 3.53. The molecule has 12 heteroatoms. The molecular weight excluding hydrogens is 442 g/mol. The Morgan fingerprint density at radius 1 is 1.12 bits per heavy atom. The number of rotatable bonds is 5. The van der Waals surface area contributed by atoms with Crippen molar-refractivity contribution in [3.05, 3.63) is 65.5 Å². The van der Waals surface area contributed by atoms with Gasteiger partial charge in [0.1, 0.15) is 11.6 Å². The number of aromatic nitrogens is 4. The number of aldehydes is 1. The number of aryl methyl sites for hydroxylation is 1. The predicted molar refractivity (Wildman–Crippen MR) is 113 cm³/mol. The molecule has 0 amide bonds. The molecule has 1 saturated heterocycles. The number of carbonyl (C=O) groups excluding carboxylic acids is 1. The number of H-pyrrole nitrogens is 1. The van der Waals surface area contributed by atoms with Crippen LogP contribution in [0, 0.1) is 12.7 Å². The van der Waals surface area contributed by atoms with E-state index in [-0.39, 0.29) is 18.7 Å². The summed E-state index contributed by atoms with van der Waals surface area (Å²) in [7, 11) is 0. The van der Waals surface area contributed by atoms with Crippen LogP contribution in [0.25, 0.3) is 0 Å². The molecule has 176 valence electrons. The maximum atomic E-state index is 12.6. The van der Waals surface area contributed by atoms with E-state index >= 15 is 0 Å². The quantitative estimate of drug-likeness (QED) is 0.339. The van der Waals surface area contributed by atoms with Crippen LogP contribution in [0.1, 0.15) is 21.7 Å². The highest BCUT2D eigenvalue weighted by Crippen LogP contribution is 2.23. The van der Waals surface area contributed by atoms with E-state index in [1.165, 1.54) is 12.1 Å². The van der Waals surface area contributed by atoms with E-state index in [1.807, 2.05) is 17.9 Å². The topological polar surface area (TPSA) is 90.0 Å². The third-order valence-electron chi connectivity index (χ3n) is 4.80. The van der Waals surface area contributed by atoms with E-state index in [9.17, 15) is 22.4 Å². The van der Waals surface area contributed by atoms with E-state index in [1.54, 1.807) is 24.5 Å². The molecule has 4 rings (SSSR count). The number of carbonyl (C=O) groups is 1. The number of anilines is 2. The van der Waals surface area contributed by atoms with E-state index in [0.29, 0.717) is 48.1 Å². The summed E-state index contributed by atoms with van der Waals surface area (Å²) in [4.78, 5) is 21.0. The fourth-order valence-corrected chi connectivity index (χ4v) is 3.12. The van der Waals surface area contributed by atoms with Gasteiger partial charge in [-0.1, -0.05) is 12.1 Å². The fraction of sp³-hybridized carbons (Fsp3) is 0.333. The van der Waals surface area contributed by atoms with Crippen molar-refractivity contribution in [3.63, 3.8) is 0 Å². The number of hydrogen-bond donors (Lipinski definition) is 2. The summed E-state index contributed by atoms with van der Waals surface area (Å²) >= 11 is 0. The Balaban J connectivity index is 0.000000286. The number of aromatic amines is 1. The highest BCUT2D eigenvalue weighted by Gasteiger charge is 2.38. The van der Waals surface area contributed by atoms with Crippen LogP contribution in [0.2, 0.25) is 0 Å². The Kier molecular flexibility index (Phi) is 8.06. The van der Waals surface area contributed by atoms with Gasteiger partial charge >= 0.3 is 6.30 Å². The molecule has 0 aliphatic carbocycles. The summed E-state index contributed by atoms with van der Waals surface area (Å²) in [6.07, 6.45) is -0.557. The molecule has 1 aromatic carbocycles. The van der Waals surface area contributed by atoms with Gasteiger partial charge in [0.25, 0.3) is 0 Å². The molecule has 0 atom stereocenters. The second-order valence-electron chi connectivity index (χ2n) is 7.33. The van der Waals surface area contributed by atoms with Crippen LogP contribution >= 0.6 is 0 Å². The third kappa shape index (κ3) is 7.32. The first-order valence-electron chi connectivity index (χ1n) is 10.1. The summed E-state index contributed by atoms with van der Waals surface area (Å²) in [5.41, 5.74) is 1.73. The summed E-state index contributed by atoms with van der Waals surface area (Å²) in [5, 5.41) is 9.92. The number of alkyl halides is 3. The zero-order chi connectivity index (χ0) is 23.8. The van der Waals surface area contributed by atoms with Crippen LogP contribution in [0.5, 0.6) is 0 Å². The molecule has 0 saturated carbocycles. The van der Waals surface area contributed by atoms with Gasteiger partial charge in [-0.3, -0.25) is 19.8 Å². The normalized spacial score (nSPS) is 14.9. The van der Waals surface area contributed by atoms with Crippen LogP contribution in [-0.4, -0.2) is 68.7 Å². The molecule has 2 N–H and O–H groups in total. The molecule has 0 radical (unpaired) electrons. The molecule has 1 fully saturated rings. The highest BCUT2D eigenvalue weighted by atomic mass is 19.4. The smallest absolute Gasteiger partial charge is 0.322 e. The van der Waals surface area contributed by atoms with Crippen LogP contribution in [0.4, 0.5) is 29.2 Å². The summed E-state index contributed by atoms with van der Waals surface area (Å²) in [6.45, 7) is 2.99. The Bertz CT molecular complexity index is 1050.